The van der Waals surface area contributed by atoms with E-state index in [4.69, 9.17) is 0 Å². The van der Waals surface area contributed by atoms with E-state index < -0.39 is 21.8 Å². The van der Waals surface area contributed by atoms with Crippen molar-refractivity contribution in [3.8, 4) is 11.6 Å². The maximum absolute atomic E-state index is 10.6. The Hall–Kier alpha value is -4.69. The molecule has 0 atom stereocenters. The summed E-state index contributed by atoms with van der Waals surface area (Å²) in [6.45, 7) is 0. The Labute approximate surface area is 323 Å². The maximum Gasteiger partial charge on any atom is 0.109 e. The summed E-state index contributed by atoms with van der Waals surface area (Å²) in [6.07, 6.45) is 2.38. The number of aromatic nitrogens is 2. The first-order valence-corrected chi connectivity index (χ1v) is 21.4. The van der Waals surface area contributed by atoms with Gasteiger partial charge in [-0.1, -0.05) is 212 Å². The normalized spacial score (nSPS) is 10.2. The summed E-state index contributed by atoms with van der Waals surface area (Å²) in [5.41, 5.74) is 0.753. The van der Waals surface area contributed by atoms with Gasteiger partial charge in [0.15, 0.2) is 0 Å². The third-order valence-corrected chi connectivity index (χ3v) is 12.4. The molecule has 0 bridgehead atoms. The van der Waals surface area contributed by atoms with E-state index in [1.165, 1.54) is 36.5 Å². The molecule has 0 aliphatic heterocycles. The largest absolute Gasteiger partial charge is 0.560 e. The van der Waals surface area contributed by atoms with Crippen molar-refractivity contribution in [2.24, 2.45) is 0 Å². The zero-order valence-electron chi connectivity index (χ0n) is 28.0. The second-order valence-corrected chi connectivity index (χ2v) is 15.3. The fourth-order valence-corrected chi connectivity index (χ4v) is 9.85. The number of hydrogen-bond acceptors (Lipinski definition) is 3. The molecule has 0 aliphatic rings. The van der Waals surface area contributed by atoms with Gasteiger partial charge in [-0.05, 0) is 47.7 Å². The van der Waals surface area contributed by atoms with Crippen LogP contribution in [0.4, 0.5) is 0 Å². The van der Waals surface area contributed by atoms with Crippen LogP contribution in [0.5, 0.6) is 5.95 Å². The molecule has 7 aromatic carbocycles. The van der Waals surface area contributed by atoms with Gasteiger partial charge in [-0.15, -0.1) is 0 Å². The Morgan fingerprint density at radius 2 is 0.654 bits per heavy atom. The van der Waals surface area contributed by atoms with Crippen LogP contribution in [0.1, 0.15) is 0 Å². The van der Waals surface area contributed by atoms with Crippen LogP contribution in [-0.4, -0.2) is 5.27 Å². The van der Waals surface area contributed by atoms with Crippen LogP contribution >= 0.6 is 30.1 Å². The predicted octanol–water partition coefficient (Wildman–Crippen LogP) is 7.56. The molecule has 8 aromatic rings. The third-order valence-electron chi connectivity index (χ3n) is 7.49. The Morgan fingerprint density at radius 1 is 0.423 bits per heavy atom. The number of nitrogens with zero attached hydrogens (tertiary/aromatic N) is 2. The fraction of sp³-hybridized carbons (Fsp3) is 0. The van der Waals surface area contributed by atoms with Crippen molar-refractivity contribution in [3.05, 3.63) is 219 Å². The van der Waals surface area contributed by atoms with E-state index in [0.29, 0.717) is 0 Å². The second kappa shape index (κ2) is 21.6. The van der Waals surface area contributed by atoms with Crippen molar-refractivity contribution in [3.63, 3.8) is 0 Å². The molecule has 0 radical (unpaired) electrons. The molecule has 4 nitrogen and oxygen atoms in total. The molecule has 0 spiro atoms. The summed E-state index contributed by atoms with van der Waals surface area (Å²) < 4.78 is 5.59. The zero-order valence-corrected chi connectivity index (χ0v) is 32.4. The van der Waals surface area contributed by atoms with E-state index in [2.05, 4.69) is 226 Å². The van der Waals surface area contributed by atoms with Gasteiger partial charge in [0, 0.05) is 5.27 Å². The van der Waals surface area contributed by atoms with Crippen molar-refractivity contribution in [2.45, 2.75) is 0 Å². The average molecular weight is 824 g/mol. The van der Waals surface area contributed by atoms with Crippen molar-refractivity contribution < 1.29 is 28.0 Å². The SMILES string of the molecule is [Ni][Br].[O-]c1[c-][n+](-c2ccccc2)no1.c1ccc(P(c2ccccc2)c2ccccc2)cc1.c1ccc(P(c2ccccc2)c2ccccc2)cc1. The molecule has 0 amide bonds. The zero-order chi connectivity index (χ0) is 36.2. The van der Waals surface area contributed by atoms with Crippen molar-refractivity contribution in [1.82, 2.24) is 5.27 Å². The summed E-state index contributed by atoms with van der Waals surface area (Å²) in [4.78, 5) is 0. The molecule has 0 N–H and O–H groups in total. The Morgan fingerprint density at radius 3 is 0.865 bits per heavy atom. The summed E-state index contributed by atoms with van der Waals surface area (Å²) in [5.74, 6) is -0.571. The fourth-order valence-electron chi connectivity index (χ4n) is 5.24. The molecule has 8 rings (SSSR count). The van der Waals surface area contributed by atoms with Gasteiger partial charge in [0.1, 0.15) is 6.20 Å². The summed E-state index contributed by atoms with van der Waals surface area (Å²) in [5, 5.41) is 22.4. The van der Waals surface area contributed by atoms with Gasteiger partial charge in [0.05, 0.1) is 11.6 Å². The molecule has 1 aromatic heterocycles. The number of hydrogen-bond donors (Lipinski definition) is 0. The molecular weight excluding hydrogens is 789 g/mol. The van der Waals surface area contributed by atoms with Crippen LogP contribution < -0.4 is 41.6 Å². The van der Waals surface area contributed by atoms with E-state index in [0.717, 1.165) is 5.69 Å². The molecule has 0 saturated carbocycles. The van der Waals surface area contributed by atoms with Crippen molar-refractivity contribution in [2.75, 3.05) is 0 Å². The molecular formula is C44H35BrN2NiO2P2-. The number of rotatable bonds is 7. The summed E-state index contributed by atoms with van der Waals surface area (Å²) >= 11 is 6.25. The van der Waals surface area contributed by atoms with Gasteiger partial charge in [-0.3, -0.25) is 0 Å². The van der Waals surface area contributed by atoms with Crippen LogP contribution in [0.25, 0.3) is 5.69 Å². The Kier molecular flexibility index (Phi) is 16.0. The van der Waals surface area contributed by atoms with Gasteiger partial charge in [0.25, 0.3) is 0 Å². The minimum Gasteiger partial charge on any atom is -0.560 e. The Balaban J connectivity index is 0.000000151. The van der Waals surface area contributed by atoms with Crippen molar-refractivity contribution in [1.29, 1.82) is 0 Å². The van der Waals surface area contributed by atoms with E-state index in [1.54, 1.807) is 12.1 Å². The quantitative estimate of drug-likeness (QED) is 0.0723. The van der Waals surface area contributed by atoms with Gasteiger partial charge < -0.3 is 9.63 Å². The molecule has 0 fully saturated rings. The first kappa shape index (κ1) is 38.5. The van der Waals surface area contributed by atoms with Crippen LogP contribution in [0, 0.1) is 6.20 Å². The molecule has 0 unspecified atom stereocenters. The average Bonchev–Trinajstić information content (AvgIpc) is 3.68. The van der Waals surface area contributed by atoms with Crippen LogP contribution in [-0.2, 0) is 13.7 Å². The molecule has 0 saturated heterocycles. The summed E-state index contributed by atoms with van der Waals surface area (Å²) in [6, 6.07) is 73.8. The van der Waals surface area contributed by atoms with Gasteiger partial charge in [-0.2, -0.15) is 4.68 Å². The van der Waals surface area contributed by atoms with E-state index in [9.17, 15) is 5.11 Å². The maximum atomic E-state index is 10.6. The Bertz CT molecular complexity index is 1810. The van der Waals surface area contributed by atoms with E-state index in [1.807, 2.05) is 18.2 Å². The molecule has 0 aliphatic carbocycles. The van der Waals surface area contributed by atoms with Crippen LogP contribution in [0.15, 0.2) is 217 Å². The van der Waals surface area contributed by atoms with Crippen LogP contribution in [0.2, 0.25) is 0 Å². The molecule has 261 valence electrons. The molecule has 1 heterocycles. The molecule has 52 heavy (non-hydrogen) atoms. The third kappa shape index (κ3) is 11.4. The van der Waals surface area contributed by atoms with Crippen molar-refractivity contribution >= 4 is 61.9 Å². The van der Waals surface area contributed by atoms with Gasteiger partial charge in [-0.25, -0.2) is 0 Å². The summed E-state index contributed by atoms with van der Waals surface area (Å²) in [7, 11) is -0.892. The molecule has 8 heteroatoms. The van der Waals surface area contributed by atoms with E-state index in [-0.39, 0.29) is 0 Å². The van der Waals surface area contributed by atoms with Crippen LogP contribution in [0.3, 0.4) is 0 Å². The minimum absolute atomic E-state index is 0.446. The van der Waals surface area contributed by atoms with Gasteiger partial charge in [0.2, 0.25) is 0 Å². The minimum atomic E-state index is -0.571. The number of benzene rings is 7. The second-order valence-electron chi connectivity index (χ2n) is 10.9. The standard InChI is InChI=1S/2C18H15P.C8H6N2O2.BrH.Ni/c2*1-4-10-16(11-5-1)19(17-12-6-2-7-13-17)18-14-8-3-9-15-18;11-8-6-10(9-12-8)7-4-2-1-3-5-7;;/h2*1-15H;1-5,11H;1H;/q;;;;+1/p-2. The smallest absolute Gasteiger partial charge is 0.109 e. The predicted molar refractivity (Wildman–Crippen MR) is 216 cm³/mol. The number of para-hydroxylation sites is 1. The topological polar surface area (TPSA) is 53.0 Å². The monoisotopic (exact) mass is 822 g/mol. The first-order chi connectivity index (χ1) is 25.8. The van der Waals surface area contributed by atoms with E-state index >= 15 is 0 Å². The number of halogens is 1. The first-order valence-electron chi connectivity index (χ1n) is 16.3. The van der Waals surface area contributed by atoms with Gasteiger partial charge >= 0.3 is 27.9 Å².